The lowest BCUT2D eigenvalue weighted by Gasteiger charge is -2.21. The number of aliphatic hydroxyl groups is 1. The molecule has 0 aliphatic carbocycles. The molecule has 0 radical (unpaired) electrons. The number of likely N-dealkylation sites (N-methyl/N-ethyl adjacent to an activating group) is 1. The molecule has 0 fully saturated rings. The summed E-state index contributed by atoms with van der Waals surface area (Å²) in [4.78, 5) is 0.208. The second-order valence-electron chi connectivity index (χ2n) is 7.04. The van der Waals surface area contributed by atoms with Crippen LogP contribution in [-0.2, 0) is 10.0 Å². The normalized spacial score (nSPS) is 12.9. The van der Waals surface area contributed by atoms with E-state index in [1.165, 1.54) is 7.05 Å². The number of hydrogen-bond acceptors (Lipinski definition) is 5. The average Bonchev–Trinajstić information content (AvgIpc) is 2.66. The van der Waals surface area contributed by atoms with Crippen molar-refractivity contribution >= 4 is 21.5 Å². The average molecular weight is 405 g/mol. The third-order valence-electron chi connectivity index (χ3n) is 4.46. The van der Waals surface area contributed by atoms with E-state index in [0.717, 1.165) is 15.6 Å². The molecule has 0 saturated heterocycles. The van der Waals surface area contributed by atoms with Crippen LogP contribution in [0.15, 0.2) is 53.4 Å². The van der Waals surface area contributed by atoms with Crippen LogP contribution in [-0.4, -0.2) is 49.9 Å². The van der Waals surface area contributed by atoms with E-state index in [1.807, 2.05) is 26.0 Å². The largest absolute Gasteiger partial charge is 0.390 e. The van der Waals surface area contributed by atoms with Crippen LogP contribution in [0.3, 0.4) is 0 Å². The molecular weight excluding hydrogens is 376 g/mol. The van der Waals surface area contributed by atoms with Gasteiger partial charge in [0.05, 0.1) is 11.0 Å². The number of rotatable bonds is 9. The summed E-state index contributed by atoms with van der Waals surface area (Å²) >= 11 is 0. The number of hydrogen-bond donors (Lipinski definition) is 4. The van der Waals surface area contributed by atoms with Gasteiger partial charge in [0.1, 0.15) is 5.84 Å². The van der Waals surface area contributed by atoms with Gasteiger partial charge in [-0.3, -0.25) is 5.41 Å². The Kier molecular flexibility index (Phi) is 7.17. The second-order valence-corrected chi connectivity index (χ2v) is 9.08. The number of benzene rings is 2. The van der Waals surface area contributed by atoms with Crippen LogP contribution in [0.1, 0.15) is 30.9 Å². The molecule has 0 aliphatic rings. The maximum absolute atomic E-state index is 12.7. The second kappa shape index (κ2) is 9.18. The van der Waals surface area contributed by atoms with Crippen molar-refractivity contribution < 1.29 is 13.5 Å². The molecule has 0 amide bonds. The van der Waals surface area contributed by atoms with Crippen LogP contribution in [0.4, 0.5) is 5.69 Å². The number of sulfonamides is 1. The Morgan fingerprint density at radius 3 is 2.21 bits per heavy atom. The van der Waals surface area contributed by atoms with Gasteiger partial charge in [-0.1, -0.05) is 26.0 Å². The lowest BCUT2D eigenvalue weighted by molar-refractivity contribution is 0.164. The van der Waals surface area contributed by atoms with E-state index in [9.17, 15) is 13.5 Å². The van der Waals surface area contributed by atoms with Crippen molar-refractivity contribution in [3.63, 3.8) is 0 Å². The molecule has 2 rings (SSSR count). The first-order chi connectivity index (χ1) is 13.1. The molecule has 0 aliphatic heterocycles. The third-order valence-corrected chi connectivity index (χ3v) is 6.30. The Morgan fingerprint density at radius 1 is 1.14 bits per heavy atom. The Labute approximate surface area is 166 Å². The zero-order chi connectivity index (χ0) is 20.9. The van der Waals surface area contributed by atoms with Crippen LogP contribution in [0, 0.1) is 5.41 Å². The lowest BCUT2D eigenvalue weighted by Crippen LogP contribution is -2.37. The van der Waals surface area contributed by atoms with Gasteiger partial charge in [0.2, 0.25) is 10.0 Å². The predicted molar refractivity (Wildman–Crippen MR) is 112 cm³/mol. The molecule has 0 aromatic heterocycles. The minimum Gasteiger partial charge on any atom is -0.390 e. The zero-order valence-corrected chi connectivity index (χ0v) is 17.2. The Hall–Kier alpha value is -2.42. The molecule has 0 saturated carbocycles. The first-order valence-electron chi connectivity index (χ1n) is 9.04. The van der Waals surface area contributed by atoms with Crippen LogP contribution in [0.5, 0.6) is 0 Å². The molecule has 152 valence electrons. The highest BCUT2D eigenvalue weighted by molar-refractivity contribution is 7.89. The SMILES string of the molecule is CC(C)c1ccc(S(=O)(=O)N(C)CC(O)CNc2ccc(C(=N)N)cc2)cc1. The molecule has 7 nitrogen and oxygen atoms in total. The molecular formula is C20H28N4O3S. The van der Waals surface area contributed by atoms with Gasteiger partial charge in [-0.2, -0.15) is 4.31 Å². The topological polar surface area (TPSA) is 120 Å². The fourth-order valence-electron chi connectivity index (χ4n) is 2.67. The molecule has 0 spiro atoms. The number of anilines is 1. The van der Waals surface area contributed by atoms with Crippen molar-refractivity contribution in [1.82, 2.24) is 4.31 Å². The Bertz CT molecular complexity index is 894. The van der Waals surface area contributed by atoms with Crippen molar-refractivity contribution in [2.24, 2.45) is 5.73 Å². The summed E-state index contributed by atoms with van der Waals surface area (Å²) in [6.07, 6.45) is -0.887. The highest BCUT2D eigenvalue weighted by Gasteiger charge is 2.23. The van der Waals surface area contributed by atoms with Crippen molar-refractivity contribution in [3.05, 3.63) is 59.7 Å². The smallest absolute Gasteiger partial charge is 0.242 e. The van der Waals surface area contributed by atoms with E-state index in [2.05, 4.69) is 5.32 Å². The maximum atomic E-state index is 12.7. The fourth-order valence-corrected chi connectivity index (χ4v) is 3.88. The number of aliphatic hydroxyl groups excluding tert-OH is 1. The summed E-state index contributed by atoms with van der Waals surface area (Å²) in [5.41, 5.74) is 7.84. The fraction of sp³-hybridized carbons (Fsp3) is 0.350. The van der Waals surface area contributed by atoms with Gasteiger partial charge < -0.3 is 16.2 Å². The van der Waals surface area contributed by atoms with Crippen molar-refractivity contribution in [1.29, 1.82) is 5.41 Å². The van der Waals surface area contributed by atoms with E-state index in [0.29, 0.717) is 11.5 Å². The Morgan fingerprint density at radius 2 is 1.71 bits per heavy atom. The number of nitrogen functional groups attached to an aromatic ring is 1. The first kappa shape index (κ1) is 21.9. The monoisotopic (exact) mass is 404 g/mol. The standard InChI is InChI=1S/C20H28N4O3S/c1-14(2)15-6-10-19(11-7-15)28(26,27)24(3)13-18(25)12-23-17-8-4-16(5-9-17)20(21)22/h4-11,14,18,23,25H,12-13H2,1-3H3,(H3,21,22). The minimum absolute atomic E-state index is 0.0140. The molecule has 5 N–H and O–H groups in total. The zero-order valence-electron chi connectivity index (χ0n) is 16.4. The van der Waals surface area contributed by atoms with Gasteiger partial charge in [-0.15, -0.1) is 0 Å². The summed E-state index contributed by atoms with van der Waals surface area (Å²) in [5.74, 6) is 0.312. The van der Waals surface area contributed by atoms with Gasteiger partial charge in [0.15, 0.2) is 0 Å². The summed E-state index contributed by atoms with van der Waals surface area (Å²) in [7, 11) is -2.21. The molecule has 2 aromatic rings. The quantitative estimate of drug-likeness (QED) is 0.377. The molecule has 2 aromatic carbocycles. The summed E-state index contributed by atoms with van der Waals surface area (Å²) < 4.78 is 26.5. The Balaban J connectivity index is 1.94. The highest BCUT2D eigenvalue weighted by atomic mass is 32.2. The predicted octanol–water partition coefficient (Wildman–Crippen LogP) is 2.19. The van der Waals surface area contributed by atoms with Crippen molar-refractivity contribution in [2.45, 2.75) is 30.8 Å². The summed E-state index contributed by atoms with van der Waals surface area (Å²) in [6, 6.07) is 13.7. The van der Waals surface area contributed by atoms with Crippen molar-refractivity contribution in [3.8, 4) is 0 Å². The number of nitrogens with two attached hydrogens (primary N) is 1. The van der Waals surface area contributed by atoms with Gasteiger partial charge >= 0.3 is 0 Å². The van der Waals surface area contributed by atoms with E-state index in [1.54, 1.807) is 36.4 Å². The minimum atomic E-state index is -3.67. The highest BCUT2D eigenvalue weighted by Crippen LogP contribution is 2.19. The maximum Gasteiger partial charge on any atom is 0.242 e. The number of amidine groups is 1. The van der Waals surface area contributed by atoms with Gasteiger partial charge in [-0.05, 0) is 47.9 Å². The van der Waals surface area contributed by atoms with Crippen molar-refractivity contribution in [2.75, 3.05) is 25.5 Å². The van der Waals surface area contributed by atoms with E-state index < -0.39 is 16.1 Å². The molecule has 8 heteroatoms. The molecule has 28 heavy (non-hydrogen) atoms. The van der Waals surface area contributed by atoms with Crippen LogP contribution in [0.25, 0.3) is 0 Å². The summed E-state index contributed by atoms with van der Waals surface area (Å²) in [5, 5.41) is 20.6. The number of nitrogens with one attached hydrogen (secondary N) is 2. The molecule has 0 bridgehead atoms. The van der Waals surface area contributed by atoms with E-state index >= 15 is 0 Å². The van der Waals surface area contributed by atoms with Crippen LogP contribution < -0.4 is 11.1 Å². The van der Waals surface area contributed by atoms with Crippen LogP contribution >= 0.6 is 0 Å². The van der Waals surface area contributed by atoms with Crippen LogP contribution in [0.2, 0.25) is 0 Å². The molecule has 0 heterocycles. The summed E-state index contributed by atoms with van der Waals surface area (Å²) in [6.45, 7) is 4.25. The third kappa shape index (κ3) is 5.54. The van der Waals surface area contributed by atoms with Gasteiger partial charge in [0.25, 0.3) is 0 Å². The number of nitrogens with zero attached hydrogens (tertiary/aromatic N) is 1. The van der Waals surface area contributed by atoms with E-state index in [4.69, 9.17) is 11.1 Å². The molecule has 1 unspecified atom stereocenters. The van der Waals surface area contributed by atoms with E-state index in [-0.39, 0.29) is 23.8 Å². The van der Waals surface area contributed by atoms with Gasteiger partial charge in [-0.25, -0.2) is 8.42 Å². The molecule has 1 atom stereocenters. The lowest BCUT2D eigenvalue weighted by atomic mass is 10.0. The van der Waals surface area contributed by atoms with Gasteiger partial charge in [0, 0.05) is 31.4 Å². The first-order valence-corrected chi connectivity index (χ1v) is 10.5.